The molecule has 0 unspecified atom stereocenters. The molecule has 3 nitrogen and oxygen atoms in total. The van der Waals surface area contributed by atoms with Gasteiger partial charge < -0.3 is 4.74 Å². The van der Waals surface area contributed by atoms with Gasteiger partial charge in [0.25, 0.3) is 0 Å². The number of hydrogen-bond donors (Lipinski definition) is 0. The van der Waals surface area contributed by atoms with E-state index in [0.717, 1.165) is 5.56 Å². The molecule has 0 spiro atoms. The zero-order valence-corrected chi connectivity index (χ0v) is 6.97. The van der Waals surface area contributed by atoms with Crippen LogP contribution in [-0.2, 0) is 11.3 Å². The maximum absolute atomic E-state index is 10.1. The summed E-state index contributed by atoms with van der Waals surface area (Å²) in [5, 5.41) is 0.635. The van der Waals surface area contributed by atoms with Crippen molar-refractivity contribution in [2.75, 3.05) is 0 Å². The third-order valence-electron chi connectivity index (χ3n) is 1.28. The topological polar surface area (TPSA) is 50.1 Å². The molecule has 12 heavy (non-hydrogen) atoms. The normalized spacial score (nSPS) is 9.42. The Labute approximate surface area is 75.1 Å². The Hall–Kier alpha value is -1.22. The van der Waals surface area contributed by atoms with Crippen LogP contribution in [0.25, 0.3) is 0 Å². The van der Waals surface area contributed by atoms with E-state index >= 15 is 0 Å². The summed E-state index contributed by atoms with van der Waals surface area (Å²) in [6, 6.07) is 6.89. The first kappa shape index (κ1) is 8.87. The van der Waals surface area contributed by atoms with Gasteiger partial charge in [0.2, 0.25) is 0 Å². The monoisotopic (exact) mass is 184 g/mol. The summed E-state index contributed by atoms with van der Waals surface area (Å²) in [6.45, 7) is 0.125. The summed E-state index contributed by atoms with van der Waals surface area (Å²) >= 11 is 5.63. The Morgan fingerprint density at radius 3 is 2.50 bits per heavy atom. The van der Waals surface area contributed by atoms with Gasteiger partial charge in [0.05, 0.1) is 0 Å². The van der Waals surface area contributed by atoms with E-state index in [0.29, 0.717) is 5.02 Å². The SMILES string of the molecule is [NH]C(=O)OCc1ccc(Cl)cc1. The molecule has 1 aromatic rings. The van der Waals surface area contributed by atoms with Crippen LogP contribution in [-0.4, -0.2) is 6.09 Å². The first-order chi connectivity index (χ1) is 5.68. The molecule has 0 bridgehead atoms. The maximum Gasteiger partial charge on any atom is 0.426 e. The van der Waals surface area contributed by atoms with Crippen LogP contribution in [0.4, 0.5) is 4.79 Å². The molecular formula is C8H7ClNO2. The Kier molecular flexibility index (Phi) is 2.94. The standard InChI is InChI=1S/C8H7ClNO2/c9-7-3-1-6(2-4-7)5-12-8(10)11/h1-4,10H,5H2. The van der Waals surface area contributed by atoms with Gasteiger partial charge in [-0.05, 0) is 17.7 Å². The van der Waals surface area contributed by atoms with Crippen LogP contribution in [0.3, 0.4) is 0 Å². The minimum absolute atomic E-state index is 0.125. The Morgan fingerprint density at radius 2 is 2.00 bits per heavy atom. The molecule has 0 heterocycles. The molecule has 63 valence electrons. The third-order valence-corrected chi connectivity index (χ3v) is 1.54. The van der Waals surface area contributed by atoms with E-state index in [1.165, 1.54) is 0 Å². The third kappa shape index (κ3) is 2.80. The molecule has 1 aromatic carbocycles. The van der Waals surface area contributed by atoms with E-state index in [4.69, 9.17) is 17.3 Å². The summed E-state index contributed by atoms with van der Waals surface area (Å²) in [6.07, 6.45) is -1.02. The molecule has 1 amide bonds. The average molecular weight is 185 g/mol. The van der Waals surface area contributed by atoms with Gasteiger partial charge in [0.15, 0.2) is 0 Å². The molecule has 0 aliphatic heterocycles. The second-order valence-corrected chi connectivity index (χ2v) is 2.64. The van der Waals surface area contributed by atoms with Crippen molar-refractivity contribution in [3.63, 3.8) is 0 Å². The molecule has 1 rings (SSSR count). The molecule has 1 N–H and O–H groups in total. The van der Waals surface area contributed by atoms with E-state index in [-0.39, 0.29) is 6.61 Å². The minimum atomic E-state index is -1.02. The van der Waals surface area contributed by atoms with Crippen molar-refractivity contribution in [1.29, 1.82) is 0 Å². The van der Waals surface area contributed by atoms with Crippen molar-refractivity contribution in [1.82, 2.24) is 5.73 Å². The maximum atomic E-state index is 10.1. The first-order valence-electron chi connectivity index (χ1n) is 3.31. The lowest BCUT2D eigenvalue weighted by Crippen LogP contribution is -2.01. The summed E-state index contributed by atoms with van der Waals surface area (Å²) in [5.41, 5.74) is 7.30. The second kappa shape index (κ2) is 3.97. The van der Waals surface area contributed by atoms with Gasteiger partial charge >= 0.3 is 6.09 Å². The highest BCUT2D eigenvalue weighted by Crippen LogP contribution is 2.09. The van der Waals surface area contributed by atoms with Crippen molar-refractivity contribution < 1.29 is 9.53 Å². The van der Waals surface area contributed by atoms with Crippen LogP contribution in [0.5, 0.6) is 0 Å². The Balaban J connectivity index is 2.53. The lowest BCUT2D eigenvalue weighted by Gasteiger charge is -2.00. The number of carbonyl (C=O) groups excluding carboxylic acids is 1. The predicted octanol–water partition coefficient (Wildman–Crippen LogP) is 2.26. The zero-order valence-electron chi connectivity index (χ0n) is 6.21. The summed E-state index contributed by atoms with van der Waals surface area (Å²) in [4.78, 5) is 10.1. The smallest absolute Gasteiger partial charge is 0.426 e. The van der Waals surface area contributed by atoms with Crippen LogP contribution in [0.2, 0.25) is 5.02 Å². The summed E-state index contributed by atoms with van der Waals surface area (Å²) in [5.74, 6) is 0. The fraction of sp³-hybridized carbons (Fsp3) is 0.125. The van der Waals surface area contributed by atoms with E-state index in [1.54, 1.807) is 24.3 Å². The van der Waals surface area contributed by atoms with Crippen LogP contribution in [0.15, 0.2) is 24.3 Å². The molecule has 0 saturated heterocycles. The highest BCUT2D eigenvalue weighted by molar-refractivity contribution is 6.30. The van der Waals surface area contributed by atoms with Crippen molar-refractivity contribution in [2.45, 2.75) is 6.61 Å². The van der Waals surface area contributed by atoms with Gasteiger partial charge in [-0.3, -0.25) is 0 Å². The van der Waals surface area contributed by atoms with E-state index < -0.39 is 6.09 Å². The fourth-order valence-electron chi connectivity index (χ4n) is 0.730. The number of carbonyl (C=O) groups is 1. The molecule has 0 fully saturated rings. The van der Waals surface area contributed by atoms with Gasteiger partial charge in [-0.1, -0.05) is 23.7 Å². The first-order valence-corrected chi connectivity index (χ1v) is 3.69. The highest BCUT2D eigenvalue weighted by Gasteiger charge is 1.96. The molecule has 0 aliphatic carbocycles. The average Bonchev–Trinajstić information content (AvgIpc) is 2.03. The van der Waals surface area contributed by atoms with Gasteiger partial charge in [0, 0.05) is 5.02 Å². The van der Waals surface area contributed by atoms with Crippen molar-refractivity contribution in [2.24, 2.45) is 0 Å². The fourth-order valence-corrected chi connectivity index (χ4v) is 0.856. The minimum Gasteiger partial charge on any atom is -0.443 e. The molecule has 0 aliphatic rings. The Bertz CT molecular complexity index is 271. The van der Waals surface area contributed by atoms with E-state index in [1.807, 2.05) is 0 Å². The van der Waals surface area contributed by atoms with Crippen molar-refractivity contribution in [3.05, 3.63) is 34.9 Å². The number of benzene rings is 1. The number of rotatable bonds is 2. The lowest BCUT2D eigenvalue weighted by atomic mass is 10.2. The summed E-state index contributed by atoms with van der Waals surface area (Å²) < 4.78 is 4.45. The Morgan fingerprint density at radius 1 is 1.42 bits per heavy atom. The predicted molar refractivity (Wildman–Crippen MR) is 44.7 cm³/mol. The van der Waals surface area contributed by atoms with Crippen LogP contribution in [0, 0.1) is 0 Å². The van der Waals surface area contributed by atoms with Gasteiger partial charge in [-0.2, -0.15) is 0 Å². The molecule has 0 atom stereocenters. The van der Waals surface area contributed by atoms with Crippen molar-refractivity contribution >= 4 is 17.7 Å². The largest absolute Gasteiger partial charge is 0.443 e. The quantitative estimate of drug-likeness (QED) is 0.708. The van der Waals surface area contributed by atoms with Gasteiger partial charge in [0.1, 0.15) is 6.61 Å². The molecular weight excluding hydrogens is 178 g/mol. The van der Waals surface area contributed by atoms with Crippen molar-refractivity contribution in [3.8, 4) is 0 Å². The molecule has 4 heteroatoms. The van der Waals surface area contributed by atoms with Gasteiger partial charge in [-0.25, -0.2) is 10.5 Å². The molecule has 1 radical (unpaired) electrons. The van der Waals surface area contributed by atoms with Crippen LogP contribution >= 0.6 is 11.6 Å². The van der Waals surface area contributed by atoms with E-state index in [9.17, 15) is 4.79 Å². The van der Waals surface area contributed by atoms with Gasteiger partial charge in [-0.15, -0.1) is 0 Å². The number of nitrogens with one attached hydrogen (secondary N) is 1. The highest BCUT2D eigenvalue weighted by atomic mass is 35.5. The lowest BCUT2D eigenvalue weighted by molar-refractivity contribution is 0.148. The molecule has 0 saturated carbocycles. The number of amides is 1. The number of ether oxygens (including phenoxy) is 1. The zero-order chi connectivity index (χ0) is 8.97. The van der Waals surface area contributed by atoms with E-state index in [2.05, 4.69) is 4.74 Å². The van der Waals surface area contributed by atoms with Crippen LogP contribution < -0.4 is 5.73 Å². The summed E-state index contributed by atoms with van der Waals surface area (Å²) in [7, 11) is 0. The second-order valence-electron chi connectivity index (χ2n) is 2.20. The number of halogens is 1. The molecule has 0 aromatic heterocycles. The van der Waals surface area contributed by atoms with Crippen LogP contribution in [0.1, 0.15) is 5.56 Å². The number of hydrogen-bond acceptors (Lipinski definition) is 2.